The Morgan fingerprint density at radius 3 is 2.59 bits per heavy atom. The van der Waals surface area contributed by atoms with Crippen molar-refractivity contribution in [3.05, 3.63) is 75.6 Å². The van der Waals surface area contributed by atoms with Crippen LogP contribution >= 0.6 is 0 Å². The summed E-state index contributed by atoms with van der Waals surface area (Å²) in [6.45, 7) is 2.74. The first-order valence-corrected chi connectivity index (χ1v) is 9.92. The van der Waals surface area contributed by atoms with Gasteiger partial charge in [0, 0.05) is 12.0 Å². The van der Waals surface area contributed by atoms with E-state index >= 15 is 0 Å². The average Bonchev–Trinajstić information content (AvgIpc) is 2.71. The highest BCUT2D eigenvalue weighted by Gasteiger charge is 2.17. The maximum Gasteiger partial charge on any atom is 0.199 e. The van der Waals surface area contributed by atoms with E-state index < -0.39 is 0 Å². The molecular weight excluding hydrogens is 336 g/mol. The van der Waals surface area contributed by atoms with Crippen LogP contribution in [-0.4, -0.2) is 6.61 Å². The third-order valence-electron chi connectivity index (χ3n) is 5.55. The Morgan fingerprint density at radius 2 is 1.81 bits per heavy atom. The van der Waals surface area contributed by atoms with Crippen molar-refractivity contribution in [2.24, 2.45) is 5.92 Å². The number of rotatable bonds is 5. The lowest BCUT2D eigenvalue weighted by Crippen LogP contribution is -2.17. The summed E-state index contributed by atoms with van der Waals surface area (Å²) >= 11 is 0. The number of fused-ring (bicyclic) bond motifs is 1. The Balaban J connectivity index is 1.62. The molecule has 0 N–H and O–H groups in total. The Morgan fingerprint density at radius 1 is 1.04 bits per heavy atom. The van der Waals surface area contributed by atoms with Crippen LogP contribution in [0.3, 0.4) is 0 Å². The molecule has 4 rings (SSSR count). The topological polar surface area (TPSA) is 39.4 Å². The van der Waals surface area contributed by atoms with Gasteiger partial charge in [0.05, 0.1) is 12.9 Å². The summed E-state index contributed by atoms with van der Waals surface area (Å²) in [6.07, 6.45) is 8.50. The van der Waals surface area contributed by atoms with Crippen LogP contribution in [-0.2, 0) is 6.42 Å². The van der Waals surface area contributed by atoms with Crippen LogP contribution in [0.1, 0.15) is 48.8 Å². The average molecular weight is 362 g/mol. The van der Waals surface area contributed by atoms with E-state index in [1.165, 1.54) is 37.7 Å². The van der Waals surface area contributed by atoms with E-state index in [9.17, 15) is 4.79 Å². The number of ether oxygens (including phenoxy) is 1. The maximum absolute atomic E-state index is 13.1. The second kappa shape index (κ2) is 7.99. The largest absolute Gasteiger partial charge is 0.492 e. The lowest BCUT2D eigenvalue weighted by molar-refractivity contribution is 0.210. The highest BCUT2D eigenvalue weighted by Crippen LogP contribution is 2.27. The molecule has 0 saturated heterocycles. The van der Waals surface area contributed by atoms with Crippen molar-refractivity contribution in [3.8, 4) is 5.75 Å². The Bertz CT molecular complexity index is 963. The van der Waals surface area contributed by atoms with E-state index in [0.717, 1.165) is 5.56 Å². The molecule has 1 aliphatic carbocycles. The normalized spacial score (nSPS) is 15.1. The van der Waals surface area contributed by atoms with Gasteiger partial charge < -0.3 is 9.15 Å². The van der Waals surface area contributed by atoms with Gasteiger partial charge in [0.2, 0.25) is 0 Å². The minimum atomic E-state index is 0.0102. The molecule has 0 unspecified atom stereocenters. The molecule has 0 atom stereocenters. The molecule has 0 radical (unpaired) electrons. The fourth-order valence-electron chi connectivity index (χ4n) is 3.91. The molecule has 1 saturated carbocycles. The molecule has 1 aromatic heterocycles. The summed E-state index contributed by atoms with van der Waals surface area (Å²) in [5.41, 5.74) is 3.58. The molecule has 1 fully saturated rings. The van der Waals surface area contributed by atoms with Crippen molar-refractivity contribution in [3.63, 3.8) is 0 Å². The van der Waals surface area contributed by atoms with Crippen LogP contribution in [0.2, 0.25) is 0 Å². The van der Waals surface area contributed by atoms with Crippen LogP contribution in [0.25, 0.3) is 11.0 Å². The van der Waals surface area contributed by atoms with Gasteiger partial charge in [-0.1, -0.05) is 55.2 Å². The van der Waals surface area contributed by atoms with Gasteiger partial charge in [0.1, 0.15) is 16.7 Å². The predicted molar refractivity (Wildman–Crippen MR) is 109 cm³/mol. The van der Waals surface area contributed by atoms with E-state index in [0.29, 0.717) is 41.2 Å². The van der Waals surface area contributed by atoms with Crippen molar-refractivity contribution in [2.45, 2.75) is 45.4 Å². The summed E-state index contributed by atoms with van der Waals surface area (Å²) in [4.78, 5) is 13.1. The molecule has 0 aliphatic heterocycles. The third kappa shape index (κ3) is 4.08. The van der Waals surface area contributed by atoms with Gasteiger partial charge in [0.25, 0.3) is 0 Å². The van der Waals surface area contributed by atoms with Crippen LogP contribution in [0.15, 0.2) is 57.9 Å². The standard InChI is InChI=1S/C24H26O3/c1-17-10-12-18(13-11-17)14-20-16-27-22-9-5-8-21(23(22)24(20)25)26-15-19-6-3-2-4-7-19/h5,8-13,16,19H,2-4,6-7,14-15H2,1H3. The van der Waals surface area contributed by atoms with Gasteiger partial charge in [-0.2, -0.15) is 0 Å². The van der Waals surface area contributed by atoms with Crippen molar-refractivity contribution < 1.29 is 9.15 Å². The van der Waals surface area contributed by atoms with Crippen LogP contribution in [0, 0.1) is 12.8 Å². The smallest absolute Gasteiger partial charge is 0.199 e. The van der Waals surface area contributed by atoms with E-state index in [4.69, 9.17) is 9.15 Å². The van der Waals surface area contributed by atoms with Crippen molar-refractivity contribution in [2.75, 3.05) is 6.61 Å². The fraction of sp³-hybridized carbons (Fsp3) is 0.375. The lowest BCUT2D eigenvalue weighted by Gasteiger charge is -2.22. The van der Waals surface area contributed by atoms with Gasteiger partial charge >= 0.3 is 0 Å². The molecule has 3 aromatic rings. The van der Waals surface area contributed by atoms with Gasteiger partial charge in [-0.3, -0.25) is 4.79 Å². The molecule has 1 aliphatic rings. The Kier molecular flexibility index (Phi) is 5.28. The van der Waals surface area contributed by atoms with Gasteiger partial charge in [0.15, 0.2) is 5.43 Å². The summed E-state index contributed by atoms with van der Waals surface area (Å²) in [7, 11) is 0. The van der Waals surface area contributed by atoms with E-state index in [-0.39, 0.29) is 5.43 Å². The molecule has 3 heteroatoms. The second-order valence-corrected chi connectivity index (χ2v) is 7.70. The highest BCUT2D eigenvalue weighted by atomic mass is 16.5. The van der Waals surface area contributed by atoms with Gasteiger partial charge in [-0.05, 0) is 43.4 Å². The Hall–Kier alpha value is -2.55. The number of aryl methyl sites for hydroxylation is 1. The molecule has 2 aromatic carbocycles. The monoisotopic (exact) mass is 362 g/mol. The van der Waals surface area contributed by atoms with Crippen molar-refractivity contribution in [1.82, 2.24) is 0 Å². The quantitative estimate of drug-likeness (QED) is 0.588. The molecule has 0 amide bonds. The zero-order valence-corrected chi connectivity index (χ0v) is 15.9. The van der Waals surface area contributed by atoms with Crippen molar-refractivity contribution >= 4 is 11.0 Å². The third-order valence-corrected chi connectivity index (χ3v) is 5.55. The number of hydrogen-bond acceptors (Lipinski definition) is 3. The fourth-order valence-corrected chi connectivity index (χ4v) is 3.91. The zero-order valence-electron chi connectivity index (χ0n) is 15.9. The van der Waals surface area contributed by atoms with E-state index in [1.54, 1.807) is 6.26 Å². The lowest BCUT2D eigenvalue weighted by atomic mass is 9.90. The first kappa shape index (κ1) is 17.8. The maximum atomic E-state index is 13.1. The van der Waals surface area contributed by atoms with Crippen LogP contribution in [0.4, 0.5) is 0 Å². The number of hydrogen-bond donors (Lipinski definition) is 0. The summed E-state index contributed by atoms with van der Waals surface area (Å²) in [5.74, 6) is 1.24. The summed E-state index contributed by atoms with van der Waals surface area (Å²) < 4.78 is 11.9. The first-order chi connectivity index (χ1) is 13.2. The highest BCUT2D eigenvalue weighted by molar-refractivity contribution is 5.83. The van der Waals surface area contributed by atoms with E-state index in [2.05, 4.69) is 31.2 Å². The second-order valence-electron chi connectivity index (χ2n) is 7.70. The molecule has 0 spiro atoms. The molecule has 140 valence electrons. The molecule has 0 bridgehead atoms. The minimum Gasteiger partial charge on any atom is -0.492 e. The van der Waals surface area contributed by atoms with Crippen LogP contribution < -0.4 is 10.2 Å². The molecular formula is C24H26O3. The minimum absolute atomic E-state index is 0.0102. The molecule has 27 heavy (non-hydrogen) atoms. The zero-order chi connectivity index (χ0) is 18.6. The van der Waals surface area contributed by atoms with Crippen LogP contribution in [0.5, 0.6) is 5.75 Å². The predicted octanol–water partition coefficient (Wildman–Crippen LogP) is 5.65. The van der Waals surface area contributed by atoms with Gasteiger partial charge in [-0.15, -0.1) is 0 Å². The van der Waals surface area contributed by atoms with Crippen molar-refractivity contribution in [1.29, 1.82) is 0 Å². The number of benzene rings is 2. The van der Waals surface area contributed by atoms with E-state index in [1.807, 2.05) is 18.2 Å². The molecule has 3 nitrogen and oxygen atoms in total. The van der Waals surface area contributed by atoms with Gasteiger partial charge in [-0.25, -0.2) is 0 Å². The summed E-state index contributed by atoms with van der Waals surface area (Å²) in [5, 5.41) is 0.568. The SMILES string of the molecule is Cc1ccc(Cc2coc3cccc(OCC4CCCCC4)c3c2=O)cc1. The molecule has 1 heterocycles. The summed E-state index contributed by atoms with van der Waals surface area (Å²) in [6, 6.07) is 13.9. The first-order valence-electron chi connectivity index (χ1n) is 9.92. The Labute approximate surface area is 160 Å².